The van der Waals surface area contributed by atoms with Gasteiger partial charge < -0.3 is 15.2 Å². The molecule has 0 aliphatic heterocycles. The summed E-state index contributed by atoms with van der Waals surface area (Å²) in [6.07, 6.45) is 1.73. The highest BCUT2D eigenvalue weighted by Crippen LogP contribution is 2.06. The molecule has 0 fully saturated rings. The molecular weight excluding hydrogens is 218 g/mol. The third kappa shape index (κ3) is 5.63. The van der Waals surface area contributed by atoms with Crippen molar-refractivity contribution in [3.05, 3.63) is 23.9 Å². The molecule has 1 aromatic heterocycles. The first-order valence-electron chi connectivity index (χ1n) is 5.67. The van der Waals surface area contributed by atoms with Crippen LogP contribution in [0.15, 0.2) is 18.3 Å². The molecule has 0 aromatic carbocycles. The van der Waals surface area contributed by atoms with Gasteiger partial charge in [0.05, 0.1) is 13.2 Å². The van der Waals surface area contributed by atoms with Crippen LogP contribution in [0, 0.1) is 0 Å². The average molecular weight is 239 g/mol. The molecule has 0 spiro atoms. The van der Waals surface area contributed by atoms with Crippen LogP contribution in [0.4, 0.5) is 5.82 Å². The quantitative estimate of drug-likeness (QED) is 0.725. The van der Waals surface area contributed by atoms with E-state index in [9.17, 15) is 0 Å². The Morgan fingerprint density at radius 3 is 2.41 bits per heavy atom. The van der Waals surface area contributed by atoms with Crippen LogP contribution >= 0.6 is 0 Å². The Morgan fingerprint density at radius 1 is 1.24 bits per heavy atom. The summed E-state index contributed by atoms with van der Waals surface area (Å²) in [5, 5.41) is 0. The lowest BCUT2D eigenvalue weighted by molar-refractivity contribution is 0.110. The lowest BCUT2D eigenvalue weighted by Gasteiger charge is -2.21. The molecule has 1 rings (SSSR count). The number of nitrogens with two attached hydrogens (primary N) is 1. The molecule has 0 aliphatic rings. The van der Waals surface area contributed by atoms with Crippen molar-refractivity contribution in [2.24, 2.45) is 0 Å². The molecule has 0 bridgehead atoms. The molecule has 0 unspecified atom stereocenters. The van der Waals surface area contributed by atoms with Crippen LogP contribution in [-0.4, -0.2) is 50.4 Å². The molecule has 96 valence electrons. The van der Waals surface area contributed by atoms with Gasteiger partial charge in [-0.15, -0.1) is 0 Å². The predicted octanol–water partition coefficient (Wildman–Crippen LogP) is 0.759. The van der Waals surface area contributed by atoms with E-state index in [4.69, 9.17) is 15.2 Å². The van der Waals surface area contributed by atoms with Gasteiger partial charge in [0.15, 0.2) is 0 Å². The topological polar surface area (TPSA) is 60.6 Å². The van der Waals surface area contributed by atoms with Gasteiger partial charge in [-0.3, -0.25) is 4.90 Å². The first-order valence-corrected chi connectivity index (χ1v) is 5.67. The van der Waals surface area contributed by atoms with Gasteiger partial charge in [-0.05, 0) is 17.7 Å². The van der Waals surface area contributed by atoms with Gasteiger partial charge in [-0.2, -0.15) is 0 Å². The molecule has 17 heavy (non-hydrogen) atoms. The molecule has 0 saturated heterocycles. The van der Waals surface area contributed by atoms with E-state index in [0.717, 1.165) is 25.2 Å². The second-order valence-corrected chi connectivity index (χ2v) is 3.85. The maximum atomic E-state index is 5.66. The van der Waals surface area contributed by atoms with Crippen molar-refractivity contribution in [2.45, 2.75) is 6.54 Å². The fourth-order valence-corrected chi connectivity index (χ4v) is 1.56. The lowest BCUT2D eigenvalue weighted by atomic mass is 10.2. The second kappa shape index (κ2) is 8.00. The van der Waals surface area contributed by atoms with Gasteiger partial charge >= 0.3 is 0 Å². The maximum Gasteiger partial charge on any atom is 0.123 e. The molecule has 5 heteroatoms. The van der Waals surface area contributed by atoms with Crippen molar-refractivity contribution >= 4 is 5.82 Å². The summed E-state index contributed by atoms with van der Waals surface area (Å²) in [6, 6.07) is 3.87. The minimum atomic E-state index is 0.556. The van der Waals surface area contributed by atoms with Crippen LogP contribution in [0.3, 0.4) is 0 Å². The van der Waals surface area contributed by atoms with E-state index in [1.165, 1.54) is 0 Å². The molecule has 5 nitrogen and oxygen atoms in total. The smallest absolute Gasteiger partial charge is 0.123 e. The maximum absolute atomic E-state index is 5.66. The van der Waals surface area contributed by atoms with E-state index in [-0.39, 0.29) is 0 Å². The van der Waals surface area contributed by atoms with Gasteiger partial charge in [0, 0.05) is 40.1 Å². The fourth-order valence-electron chi connectivity index (χ4n) is 1.56. The van der Waals surface area contributed by atoms with Crippen molar-refractivity contribution in [3.8, 4) is 0 Å². The number of aromatic nitrogens is 1. The molecule has 0 amide bonds. The summed E-state index contributed by atoms with van der Waals surface area (Å²) in [4.78, 5) is 6.25. The molecule has 0 aliphatic carbocycles. The highest BCUT2D eigenvalue weighted by molar-refractivity contribution is 5.31. The zero-order valence-electron chi connectivity index (χ0n) is 10.6. The van der Waals surface area contributed by atoms with Crippen LogP contribution in [0.2, 0.25) is 0 Å². The Morgan fingerprint density at radius 2 is 1.88 bits per heavy atom. The average Bonchev–Trinajstić information content (AvgIpc) is 2.32. The van der Waals surface area contributed by atoms with Crippen LogP contribution in [0.5, 0.6) is 0 Å². The summed E-state index contributed by atoms with van der Waals surface area (Å²) in [6.45, 7) is 4.01. The van der Waals surface area contributed by atoms with Gasteiger partial charge in [-0.1, -0.05) is 0 Å². The Balaban J connectivity index is 2.51. The Kier molecular flexibility index (Phi) is 6.54. The predicted molar refractivity (Wildman–Crippen MR) is 67.7 cm³/mol. The number of rotatable bonds is 8. The van der Waals surface area contributed by atoms with Crippen LogP contribution < -0.4 is 5.73 Å². The standard InChI is InChI=1S/C12H21N3O2/c1-16-7-5-15(6-8-17-2)10-11-3-4-14-12(13)9-11/h3-4,9H,5-8,10H2,1-2H3,(H2,13,14). The Labute approximate surface area is 103 Å². The zero-order chi connectivity index (χ0) is 12.5. The summed E-state index contributed by atoms with van der Waals surface area (Å²) < 4.78 is 10.2. The van der Waals surface area contributed by atoms with Gasteiger partial charge in [0.2, 0.25) is 0 Å². The van der Waals surface area contributed by atoms with Crippen molar-refractivity contribution < 1.29 is 9.47 Å². The second-order valence-electron chi connectivity index (χ2n) is 3.85. The normalized spacial score (nSPS) is 11.0. The van der Waals surface area contributed by atoms with Gasteiger partial charge in [0.25, 0.3) is 0 Å². The SMILES string of the molecule is COCCN(CCOC)Cc1ccnc(N)c1. The summed E-state index contributed by atoms with van der Waals surface area (Å²) in [7, 11) is 3.41. The number of pyridine rings is 1. The first-order chi connectivity index (χ1) is 8.26. The minimum absolute atomic E-state index is 0.556. The Hall–Kier alpha value is -1.17. The molecule has 2 N–H and O–H groups in total. The van der Waals surface area contributed by atoms with Crippen molar-refractivity contribution in [3.63, 3.8) is 0 Å². The number of ether oxygens (including phenoxy) is 2. The molecule has 1 heterocycles. The molecule has 0 radical (unpaired) electrons. The molecular formula is C12H21N3O2. The van der Waals surface area contributed by atoms with Gasteiger partial charge in [-0.25, -0.2) is 4.98 Å². The number of hydrogen-bond donors (Lipinski definition) is 1. The monoisotopic (exact) mass is 239 g/mol. The van der Waals surface area contributed by atoms with Gasteiger partial charge in [0.1, 0.15) is 5.82 Å². The van der Waals surface area contributed by atoms with Crippen LogP contribution in [0.1, 0.15) is 5.56 Å². The van der Waals surface area contributed by atoms with E-state index in [2.05, 4.69) is 9.88 Å². The van der Waals surface area contributed by atoms with E-state index in [0.29, 0.717) is 19.0 Å². The van der Waals surface area contributed by atoms with Crippen LogP contribution in [-0.2, 0) is 16.0 Å². The minimum Gasteiger partial charge on any atom is -0.384 e. The van der Waals surface area contributed by atoms with E-state index >= 15 is 0 Å². The van der Waals surface area contributed by atoms with Crippen molar-refractivity contribution in [1.29, 1.82) is 0 Å². The molecule has 0 saturated carbocycles. The highest BCUT2D eigenvalue weighted by atomic mass is 16.5. The number of nitrogens with zero attached hydrogens (tertiary/aromatic N) is 2. The molecule has 1 aromatic rings. The number of methoxy groups -OCH3 is 2. The highest BCUT2D eigenvalue weighted by Gasteiger charge is 2.06. The summed E-state index contributed by atoms with van der Waals surface area (Å²) in [5.41, 5.74) is 6.81. The lowest BCUT2D eigenvalue weighted by Crippen LogP contribution is -2.30. The van der Waals surface area contributed by atoms with Crippen molar-refractivity contribution in [2.75, 3.05) is 46.3 Å². The van der Waals surface area contributed by atoms with E-state index < -0.39 is 0 Å². The third-order valence-corrected chi connectivity index (χ3v) is 2.47. The number of nitrogen functional groups attached to an aromatic ring is 1. The summed E-state index contributed by atoms with van der Waals surface area (Å²) in [5.74, 6) is 0.556. The third-order valence-electron chi connectivity index (χ3n) is 2.47. The summed E-state index contributed by atoms with van der Waals surface area (Å²) >= 11 is 0. The first kappa shape index (κ1) is 13.9. The zero-order valence-corrected chi connectivity index (χ0v) is 10.6. The Bertz CT molecular complexity index is 312. The molecule has 0 atom stereocenters. The van der Waals surface area contributed by atoms with E-state index in [1.54, 1.807) is 20.4 Å². The largest absolute Gasteiger partial charge is 0.384 e. The number of anilines is 1. The van der Waals surface area contributed by atoms with Crippen molar-refractivity contribution in [1.82, 2.24) is 9.88 Å². The van der Waals surface area contributed by atoms with Crippen LogP contribution in [0.25, 0.3) is 0 Å². The fraction of sp³-hybridized carbons (Fsp3) is 0.583. The number of hydrogen-bond acceptors (Lipinski definition) is 5. The van der Waals surface area contributed by atoms with E-state index in [1.807, 2.05) is 12.1 Å².